The molecule has 2 N–H and O–H groups in total. The van der Waals surface area contributed by atoms with Crippen molar-refractivity contribution in [1.29, 1.82) is 0 Å². The van der Waals surface area contributed by atoms with Crippen molar-refractivity contribution in [3.8, 4) is 0 Å². The van der Waals surface area contributed by atoms with Crippen molar-refractivity contribution < 1.29 is 0 Å². The van der Waals surface area contributed by atoms with Crippen LogP contribution < -0.4 is 5.73 Å². The van der Waals surface area contributed by atoms with Gasteiger partial charge in [0.05, 0.1) is 5.54 Å². The summed E-state index contributed by atoms with van der Waals surface area (Å²) in [5, 5.41) is 2.46. The Bertz CT molecular complexity index is 745. The van der Waals surface area contributed by atoms with Crippen LogP contribution in [0.5, 0.6) is 0 Å². The molecule has 0 fully saturated rings. The summed E-state index contributed by atoms with van der Waals surface area (Å²) in [5.41, 5.74) is 8.32. The van der Waals surface area contributed by atoms with E-state index >= 15 is 0 Å². The number of fused-ring (bicyclic) bond motifs is 1. The summed E-state index contributed by atoms with van der Waals surface area (Å²) in [7, 11) is 0. The molecule has 0 aromatic heterocycles. The van der Waals surface area contributed by atoms with Gasteiger partial charge in [0.2, 0.25) is 0 Å². The lowest BCUT2D eigenvalue weighted by atomic mass is 9.85. The molecule has 1 atom stereocenters. The maximum absolute atomic E-state index is 6.59. The fourth-order valence-corrected chi connectivity index (χ4v) is 2.74. The zero-order valence-electron chi connectivity index (χ0n) is 11.3. The summed E-state index contributed by atoms with van der Waals surface area (Å²) >= 11 is 3.46. The number of nitrogens with two attached hydrogens (primary N) is 1. The van der Waals surface area contributed by atoms with E-state index in [0.717, 1.165) is 15.6 Å². The van der Waals surface area contributed by atoms with Crippen LogP contribution in [0.4, 0.5) is 0 Å². The Kier molecular flexibility index (Phi) is 3.36. The molecule has 1 unspecified atom stereocenters. The van der Waals surface area contributed by atoms with Gasteiger partial charge in [-0.1, -0.05) is 64.5 Å². The van der Waals surface area contributed by atoms with E-state index in [-0.39, 0.29) is 0 Å². The molecule has 0 aliphatic carbocycles. The Labute approximate surface area is 127 Å². The number of hydrogen-bond acceptors (Lipinski definition) is 1. The molecule has 20 heavy (non-hydrogen) atoms. The SMILES string of the molecule is CC(N)(c1ccc(Br)cc1)c1ccc2ccccc2c1. The Morgan fingerprint density at radius 3 is 2.10 bits per heavy atom. The van der Waals surface area contributed by atoms with Crippen LogP contribution in [0.3, 0.4) is 0 Å². The molecule has 3 aromatic carbocycles. The fourth-order valence-electron chi connectivity index (χ4n) is 2.48. The Balaban J connectivity index is 2.10. The van der Waals surface area contributed by atoms with Crippen molar-refractivity contribution in [3.05, 3.63) is 82.3 Å². The van der Waals surface area contributed by atoms with Crippen molar-refractivity contribution in [2.45, 2.75) is 12.5 Å². The fraction of sp³-hybridized carbons (Fsp3) is 0.111. The number of hydrogen-bond donors (Lipinski definition) is 1. The van der Waals surface area contributed by atoms with Gasteiger partial charge in [-0.2, -0.15) is 0 Å². The Hall–Kier alpha value is -1.64. The zero-order chi connectivity index (χ0) is 14.2. The zero-order valence-corrected chi connectivity index (χ0v) is 12.9. The molecule has 0 saturated carbocycles. The second-order valence-electron chi connectivity index (χ2n) is 5.27. The minimum atomic E-state index is -0.495. The summed E-state index contributed by atoms with van der Waals surface area (Å²) in [6.45, 7) is 2.06. The van der Waals surface area contributed by atoms with Crippen LogP contribution in [0.25, 0.3) is 10.8 Å². The van der Waals surface area contributed by atoms with Crippen LogP contribution in [0.1, 0.15) is 18.1 Å². The van der Waals surface area contributed by atoms with E-state index < -0.39 is 5.54 Å². The van der Waals surface area contributed by atoms with Crippen molar-refractivity contribution >= 4 is 26.7 Å². The summed E-state index contributed by atoms with van der Waals surface area (Å²) in [4.78, 5) is 0. The normalized spacial score (nSPS) is 14.2. The summed E-state index contributed by atoms with van der Waals surface area (Å²) in [6.07, 6.45) is 0. The first-order chi connectivity index (χ1) is 9.57. The highest BCUT2D eigenvalue weighted by Crippen LogP contribution is 2.29. The van der Waals surface area contributed by atoms with Gasteiger partial charge in [0.25, 0.3) is 0 Å². The molecule has 3 aromatic rings. The third-order valence-corrected chi connectivity index (χ3v) is 4.32. The van der Waals surface area contributed by atoms with E-state index in [2.05, 4.69) is 77.5 Å². The van der Waals surface area contributed by atoms with E-state index in [1.807, 2.05) is 12.1 Å². The molecular weight excluding hydrogens is 310 g/mol. The third-order valence-electron chi connectivity index (χ3n) is 3.79. The lowest BCUT2D eigenvalue weighted by Gasteiger charge is -2.26. The average molecular weight is 326 g/mol. The molecule has 0 spiro atoms. The van der Waals surface area contributed by atoms with E-state index in [4.69, 9.17) is 5.73 Å². The minimum Gasteiger partial charge on any atom is -0.318 e. The van der Waals surface area contributed by atoms with Gasteiger partial charge in [-0.25, -0.2) is 0 Å². The highest BCUT2D eigenvalue weighted by molar-refractivity contribution is 9.10. The van der Waals surface area contributed by atoms with Gasteiger partial charge in [0, 0.05) is 4.47 Å². The van der Waals surface area contributed by atoms with Crippen LogP contribution in [-0.4, -0.2) is 0 Å². The Morgan fingerprint density at radius 1 is 0.800 bits per heavy atom. The van der Waals surface area contributed by atoms with Crippen LogP contribution >= 0.6 is 15.9 Å². The summed E-state index contributed by atoms with van der Waals surface area (Å²) < 4.78 is 1.07. The van der Waals surface area contributed by atoms with Crippen molar-refractivity contribution in [3.63, 3.8) is 0 Å². The lowest BCUT2D eigenvalue weighted by molar-refractivity contribution is 0.604. The molecule has 3 rings (SSSR count). The van der Waals surface area contributed by atoms with Gasteiger partial charge >= 0.3 is 0 Å². The second-order valence-corrected chi connectivity index (χ2v) is 6.19. The van der Waals surface area contributed by atoms with Crippen molar-refractivity contribution in [2.75, 3.05) is 0 Å². The first-order valence-corrected chi connectivity index (χ1v) is 7.41. The standard InChI is InChI=1S/C18H16BrN/c1-18(20,15-8-10-17(19)11-9-15)16-7-6-13-4-2-3-5-14(13)12-16/h2-12H,20H2,1H3. The molecule has 0 bridgehead atoms. The first kappa shape index (κ1) is 13.3. The predicted molar refractivity (Wildman–Crippen MR) is 88.7 cm³/mol. The van der Waals surface area contributed by atoms with Gasteiger partial charge in [0.15, 0.2) is 0 Å². The maximum atomic E-state index is 6.59. The predicted octanol–water partition coefficient (Wildman–Crippen LogP) is 4.82. The Morgan fingerprint density at radius 2 is 1.40 bits per heavy atom. The van der Waals surface area contributed by atoms with Crippen molar-refractivity contribution in [1.82, 2.24) is 0 Å². The maximum Gasteiger partial charge on any atom is 0.0637 e. The largest absolute Gasteiger partial charge is 0.318 e. The summed E-state index contributed by atoms with van der Waals surface area (Å²) in [5.74, 6) is 0. The monoisotopic (exact) mass is 325 g/mol. The number of benzene rings is 3. The van der Waals surface area contributed by atoms with Crippen LogP contribution in [0, 0.1) is 0 Å². The molecular formula is C18H16BrN. The highest BCUT2D eigenvalue weighted by Gasteiger charge is 2.23. The van der Waals surface area contributed by atoms with Gasteiger partial charge in [-0.3, -0.25) is 0 Å². The lowest BCUT2D eigenvalue weighted by Crippen LogP contribution is -2.34. The van der Waals surface area contributed by atoms with E-state index in [1.165, 1.54) is 10.8 Å². The quantitative estimate of drug-likeness (QED) is 0.717. The smallest absolute Gasteiger partial charge is 0.0637 e. The van der Waals surface area contributed by atoms with Crippen LogP contribution in [0.15, 0.2) is 71.2 Å². The van der Waals surface area contributed by atoms with E-state index in [0.29, 0.717) is 0 Å². The molecule has 1 nitrogen and oxygen atoms in total. The topological polar surface area (TPSA) is 26.0 Å². The molecule has 2 heteroatoms. The third kappa shape index (κ3) is 2.37. The summed E-state index contributed by atoms with van der Waals surface area (Å²) in [6, 6.07) is 23.0. The molecule has 0 saturated heterocycles. The molecule has 100 valence electrons. The van der Waals surface area contributed by atoms with Gasteiger partial charge in [-0.05, 0) is 47.0 Å². The molecule has 0 radical (unpaired) electrons. The van der Waals surface area contributed by atoms with Crippen LogP contribution in [0.2, 0.25) is 0 Å². The number of halogens is 1. The second kappa shape index (κ2) is 5.04. The number of rotatable bonds is 2. The van der Waals surface area contributed by atoms with Gasteiger partial charge in [-0.15, -0.1) is 0 Å². The average Bonchev–Trinajstić information content (AvgIpc) is 2.47. The molecule has 0 aliphatic rings. The highest BCUT2D eigenvalue weighted by atomic mass is 79.9. The van der Waals surface area contributed by atoms with Crippen LogP contribution in [-0.2, 0) is 5.54 Å². The minimum absolute atomic E-state index is 0.495. The van der Waals surface area contributed by atoms with Crippen molar-refractivity contribution in [2.24, 2.45) is 5.73 Å². The molecule has 0 heterocycles. The van der Waals surface area contributed by atoms with E-state index in [1.54, 1.807) is 0 Å². The molecule has 0 amide bonds. The molecule has 0 aliphatic heterocycles. The first-order valence-electron chi connectivity index (χ1n) is 6.61. The van der Waals surface area contributed by atoms with E-state index in [9.17, 15) is 0 Å². The van der Waals surface area contributed by atoms with Gasteiger partial charge < -0.3 is 5.73 Å². The van der Waals surface area contributed by atoms with Gasteiger partial charge in [0.1, 0.15) is 0 Å².